The van der Waals surface area contributed by atoms with Crippen LogP contribution in [0.25, 0.3) is 0 Å². The lowest BCUT2D eigenvalue weighted by Gasteiger charge is -2.26. The van der Waals surface area contributed by atoms with Crippen LogP contribution in [0.4, 0.5) is 5.69 Å². The number of nitrogens with one attached hydrogen (secondary N) is 1. The van der Waals surface area contributed by atoms with Gasteiger partial charge < -0.3 is 10.2 Å². The third-order valence-corrected chi connectivity index (χ3v) is 7.71. The first kappa shape index (κ1) is 24.3. The molecule has 0 spiro atoms. The summed E-state index contributed by atoms with van der Waals surface area (Å²) < 4.78 is 28.1. The minimum absolute atomic E-state index is 0.180. The van der Waals surface area contributed by atoms with Gasteiger partial charge in [-0.2, -0.15) is 0 Å². The van der Waals surface area contributed by atoms with Crippen LogP contribution in [0.3, 0.4) is 0 Å². The van der Waals surface area contributed by atoms with Crippen LogP contribution in [-0.2, 0) is 21.2 Å². The molecule has 0 radical (unpaired) electrons. The number of hydrogen-bond donors (Lipinski definition) is 1. The molecule has 1 saturated heterocycles. The average Bonchev–Trinajstić information content (AvgIpc) is 3.09. The maximum Gasteiger partial charge on any atom is 0.264 e. The lowest BCUT2D eigenvalue weighted by atomic mass is 10.1. The molecule has 3 rings (SSSR count). The van der Waals surface area contributed by atoms with Crippen LogP contribution in [0, 0.1) is 0 Å². The van der Waals surface area contributed by atoms with Gasteiger partial charge >= 0.3 is 0 Å². The summed E-state index contributed by atoms with van der Waals surface area (Å²) in [5, 5.41) is 2.93. The average molecular weight is 458 g/mol. The lowest BCUT2D eigenvalue weighted by molar-refractivity contribution is -0.119. The third-order valence-electron chi connectivity index (χ3n) is 5.93. The van der Waals surface area contributed by atoms with Gasteiger partial charge in [0.25, 0.3) is 10.0 Å². The molecule has 174 valence electrons. The highest BCUT2D eigenvalue weighted by molar-refractivity contribution is 7.92. The molecule has 1 amide bonds. The van der Waals surface area contributed by atoms with Crippen molar-refractivity contribution < 1.29 is 13.2 Å². The fourth-order valence-electron chi connectivity index (χ4n) is 4.15. The van der Waals surface area contributed by atoms with Gasteiger partial charge in [-0.15, -0.1) is 0 Å². The first-order chi connectivity index (χ1) is 15.5. The predicted molar refractivity (Wildman–Crippen MR) is 129 cm³/mol. The summed E-state index contributed by atoms with van der Waals surface area (Å²) >= 11 is 0. The Labute approximate surface area is 192 Å². The number of nitrogens with zero attached hydrogens (tertiary/aromatic N) is 2. The standard InChI is InChI=1S/C25H35N3O3S/c1-2-22-13-8-9-16-24(22)28(32(30,31)23-14-6-5-7-15-23)21-25(29)26-17-12-20-27-18-10-3-4-11-19-27/h5-9,13-16H,2-4,10-12,17-21H2,1H3,(H,26,29). The summed E-state index contributed by atoms with van der Waals surface area (Å²) in [4.78, 5) is 15.4. The van der Waals surface area contributed by atoms with Crippen molar-refractivity contribution in [2.45, 2.75) is 50.3 Å². The number of anilines is 1. The largest absolute Gasteiger partial charge is 0.354 e. The zero-order valence-electron chi connectivity index (χ0n) is 19.0. The lowest BCUT2D eigenvalue weighted by Crippen LogP contribution is -2.42. The number of sulfonamides is 1. The molecular formula is C25H35N3O3S. The molecule has 0 unspecified atom stereocenters. The van der Waals surface area contributed by atoms with E-state index < -0.39 is 10.0 Å². The molecule has 2 aromatic carbocycles. The highest BCUT2D eigenvalue weighted by atomic mass is 32.2. The molecule has 1 fully saturated rings. The number of rotatable bonds is 10. The Hall–Kier alpha value is -2.38. The van der Waals surface area contributed by atoms with Crippen molar-refractivity contribution in [1.82, 2.24) is 10.2 Å². The van der Waals surface area contributed by atoms with E-state index in [0.29, 0.717) is 18.7 Å². The minimum atomic E-state index is -3.87. The number of aryl methyl sites for hydroxylation is 1. The number of carbonyl (C=O) groups is 1. The van der Waals surface area contributed by atoms with E-state index in [9.17, 15) is 13.2 Å². The van der Waals surface area contributed by atoms with E-state index in [0.717, 1.165) is 31.6 Å². The molecule has 0 bridgehead atoms. The van der Waals surface area contributed by atoms with Gasteiger partial charge in [0, 0.05) is 6.54 Å². The van der Waals surface area contributed by atoms with Crippen LogP contribution in [0.2, 0.25) is 0 Å². The summed E-state index contributed by atoms with van der Waals surface area (Å²) in [6.45, 7) is 5.51. The molecule has 1 N–H and O–H groups in total. The predicted octanol–water partition coefficient (Wildman–Crippen LogP) is 3.83. The second-order valence-electron chi connectivity index (χ2n) is 8.27. The molecule has 1 aliphatic rings. The number of likely N-dealkylation sites (tertiary alicyclic amines) is 1. The van der Waals surface area contributed by atoms with Crippen LogP contribution in [0.1, 0.15) is 44.6 Å². The van der Waals surface area contributed by atoms with Crippen molar-refractivity contribution in [2.24, 2.45) is 0 Å². The second kappa shape index (κ2) is 12.0. The van der Waals surface area contributed by atoms with Gasteiger partial charge in [0.05, 0.1) is 10.6 Å². The summed E-state index contributed by atoms with van der Waals surface area (Å²) in [7, 11) is -3.87. The summed E-state index contributed by atoms with van der Waals surface area (Å²) in [6, 6.07) is 15.7. The quantitative estimate of drug-likeness (QED) is 0.551. The molecule has 0 atom stereocenters. The Kier molecular flexibility index (Phi) is 9.11. The Bertz CT molecular complexity index is 955. The summed E-state index contributed by atoms with van der Waals surface area (Å²) in [6.07, 6.45) is 6.64. The molecule has 1 heterocycles. The number of hydrogen-bond acceptors (Lipinski definition) is 4. The highest BCUT2D eigenvalue weighted by Crippen LogP contribution is 2.27. The monoisotopic (exact) mass is 457 g/mol. The van der Waals surface area contributed by atoms with Gasteiger partial charge in [-0.05, 0) is 69.1 Å². The molecule has 6 nitrogen and oxygen atoms in total. The van der Waals surface area contributed by atoms with Crippen LogP contribution >= 0.6 is 0 Å². The van der Waals surface area contributed by atoms with Gasteiger partial charge in [0.1, 0.15) is 6.54 Å². The van der Waals surface area contributed by atoms with Gasteiger partial charge in [-0.1, -0.05) is 56.2 Å². The number of benzene rings is 2. The maximum atomic E-state index is 13.4. The first-order valence-electron chi connectivity index (χ1n) is 11.7. The van der Waals surface area contributed by atoms with Crippen LogP contribution < -0.4 is 9.62 Å². The maximum absolute atomic E-state index is 13.4. The van der Waals surface area contributed by atoms with E-state index in [-0.39, 0.29) is 17.3 Å². The zero-order chi connectivity index (χ0) is 22.8. The van der Waals surface area contributed by atoms with Crippen molar-refractivity contribution in [3.05, 3.63) is 60.2 Å². The molecule has 0 aromatic heterocycles. The Balaban J connectivity index is 1.68. The minimum Gasteiger partial charge on any atom is -0.354 e. The molecule has 0 aliphatic carbocycles. The van der Waals surface area contributed by atoms with Crippen LogP contribution in [0.5, 0.6) is 0 Å². The molecule has 7 heteroatoms. The van der Waals surface area contributed by atoms with Crippen molar-refractivity contribution in [2.75, 3.05) is 37.0 Å². The highest BCUT2D eigenvalue weighted by Gasteiger charge is 2.28. The summed E-state index contributed by atoms with van der Waals surface area (Å²) in [5.41, 5.74) is 1.44. The summed E-state index contributed by atoms with van der Waals surface area (Å²) in [5.74, 6) is -0.286. The van der Waals surface area contributed by atoms with E-state index in [2.05, 4.69) is 10.2 Å². The number of para-hydroxylation sites is 1. The van der Waals surface area contributed by atoms with E-state index in [1.807, 2.05) is 19.1 Å². The molecule has 1 aliphatic heterocycles. The van der Waals surface area contributed by atoms with Gasteiger partial charge in [-0.3, -0.25) is 9.10 Å². The van der Waals surface area contributed by atoms with Gasteiger partial charge in [0.2, 0.25) is 5.91 Å². The Morgan fingerprint density at radius 1 is 0.969 bits per heavy atom. The van der Waals surface area contributed by atoms with Crippen LogP contribution in [0.15, 0.2) is 59.5 Å². The number of amides is 1. The first-order valence-corrected chi connectivity index (χ1v) is 13.1. The van der Waals surface area contributed by atoms with E-state index >= 15 is 0 Å². The van der Waals surface area contributed by atoms with E-state index in [1.54, 1.807) is 42.5 Å². The van der Waals surface area contributed by atoms with Crippen LogP contribution in [-0.4, -0.2) is 51.9 Å². The van der Waals surface area contributed by atoms with Crippen molar-refractivity contribution in [1.29, 1.82) is 0 Å². The Morgan fingerprint density at radius 2 is 1.62 bits per heavy atom. The van der Waals surface area contributed by atoms with E-state index in [4.69, 9.17) is 0 Å². The normalized spacial score (nSPS) is 15.2. The second-order valence-corrected chi connectivity index (χ2v) is 10.1. The molecule has 2 aromatic rings. The van der Waals surface area contributed by atoms with E-state index in [1.165, 1.54) is 30.0 Å². The fraction of sp³-hybridized carbons (Fsp3) is 0.480. The number of carbonyl (C=O) groups excluding carboxylic acids is 1. The van der Waals surface area contributed by atoms with Gasteiger partial charge in [0.15, 0.2) is 0 Å². The van der Waals surface area contributed by atoms with Crippen molar-refractivity contribution >= 4 is 21.6 Å². The van der Waals surface area contributed by atoms with Crippen molar-refractivity contribution in [3.63, 3.8) is 0 Å². The molecular weight excluding hydrogens is 422 g/mol. The SMILES string of the molecule is CCc1ccccc1N(CC(=O)NCCCN1CCCCCC1)S(=O)(=O)c1ccccc1. The zero-order valence-corrected chi connectivity index (χ0v) is 19.8. The topological polar surface area (TPSA) is 69.7 Å². The van der Waals surface area contributed by atoms with Crippen molar-refractivity contribution in [3.8, 4) is 0 Å². The molecule has 0 saturated carbocycles. The Morgan fingerprint density at radius 3 is 2.31 bits per heavy atom. The smallest absolute Gasteiger partial charge is 0.264 e. The third kappa shape index (κ3) is 6.56. The molecule has 32 heavy (non-hydrogen) atoms. The van der Waals surface area contributed by atoms with Gasteiger partial charge in [-0.25, -0.2) is 8.42 Å². The fourth-order valence-corrected chi connectivity index (χ4v) is 5.63.